The minimum atomic E-state index is -4.69. The van der Waals surface area contributed by atoms with Crippen molar-refractivity contribution in [2.24, 2.45) is 0 Å². The monoisotopic (exact) mass is 381 g/mol. The van der Waals surface area contributed by atoms with Crippen LogP contribution in [0.2, 0.25) is 0 Å². The molecule has 1 amide bonds. The molecule has 1 saturated carbocycles. The van der Waals surface area contributed by atoms with Crippen LogP contribution in [-0.2, 0) is 10.9 Å². The van der Waals surface area contributed by atoms with Gasteiger partial charge in [-0.2, -0.15) is 18.2 Å². The molecule has 2 fully saturated rings. The van der Waals surface area contributed by atoms with Crippen molar-refractivity contribution in [3.8, 4) is 11.4 Å². The van der Waals surface area contributed by atoms with Crippen LogP contribution in [-0.4, -0.2) is 46.2 Å². The molecule has 0 spiro atoms. The number of rotatable bonds is 2. The Morgan fingerprint density at radius 2 is 1.93 bits per heavy atom. The molecule has 2 atom stereocenters. The van der Waals surface area contributed by atoms with Crippen LogP contribution in [0, 0.1) is 0 Å². The first kappa shape index (κ1) is 18.0. The van der Waals surface area contributed by atoms with Crippen LogP contribution in [0.3, 0.4) is 0 Å². The number of benzene rings is 1. The molecular weight excluding hydrogens is 363 g/mol. The highest BCUT2D eigenvalue weighted by Crippen LogP contribution is 2.31. The minimum absolute atomic E-state index is 0.0891. The molecule has 6 nitrogen and oxygen atoms in total. The van der Waals surface area contributed by atoms with E-state index in [0.29, 0.717) is 24.3 Å². The number of nitrogens with zero attached hydrogens (tertiary/aromatic N) is 3. The van der Waals surface area contributed by atoms with Crippen LogP contribution in [0.25, 0.3) is 11.4 Å². The summed E-state index contributed by atoms with van der Waals surface area (Å²) in [6.07, 6.45) is -0.869. The Hall–Kier alpha value is -2.42. The lowest BCUT2D eigenvalue weighted by atomic mass is 10.1. The first-order chi connectivity index (χ1) is 12.9. The minimum Gasteiger partial charge on any atom is -0.376 e. The summed E-state index contributed by atoms with van der Waals surface area (Å²) < 4.78 is 47.8. The molecule has 2 aliphatic rings. The van der Waals surface area contributed by atoms with Crippen LogP contribution in [0.15, 0.2) is 28.8 Å². The highest BCUT2D eigenvalue weighted by atomic mass is 19.4. The summed E-state index contributed by atoms with van der Waals surface area (Å²) in [6.45, 7) is 1.30. The van der Waals surface area contributed by atoms with Crippen molar-refractivity contribution in [3.05, 3.63) is 35.7 Å². The van der Waals surface area contributed by atoms with E-state index in [1.807, 2.05) is 4.90 Å². The largest absolute Gasteiger partial charge is 0.471 e. The number of hydrogen-bond donors (Lipinski definition) is 0. The van der Waals surface area contributed by atoms with E-state index >= 15 is 0 Å². The Kier molecular flexibility index (Phi) is 4.63. The number of carbonyl (C=O) groups is 1. The van der Waals surface area contributed by atoms with Crippen molar-refractivity contribution in [3.63, 3.8) is 0 Å². The number of amides is 1. The van der Waals surface area contributed by atoms with E-state index in [4.69, 9.17) is 4.74 Å². The van der Waals surface area contributed by atoms with Crippen molar-refractivity contribution < 1.29 is 27.2 Å². The summed E-state index contributed by atoms with van der Waals surface area (Å²) in [7, 11) is 0. The second-order valence-corrected chi connectivity index (χ2v) is 6.76. The van der Waals surface area contributed by atoms with Gasteiger partial charge in [-0.3, -0.25) is 4.79 Å². The SMILES string of the molecule is O=C(c1ccc(-c2noc(C(F)(F)F)n2)cc1)N1CCCO[C@H]2CCC[C@@H]21. The summed E-state index contributed by atoms with van der Waals surface area (Å²) in [5.74, 6) is -1.65. The first-order valence-electron chi connectivity index (χ1n) is 8.87. The first-order valence-corrected chi connectivity index (χ1v) is 8.87. The smallest absolute Gasteiger partial charge is 0.376 e. The van der Waals surface area contributed by atoms with E-state index in [9.17, 15) is 18.0 Å². The highest BCUT2D eigenvalue weighted by molar-refractivity contribution is 5.95. The quantitative estimate of drug-likeness (QED) is 0.796. The third-order valence-corrected chi connectivity index (χ3v) is 5.01. The molecule has 1 aromatic carbocycles. The Bertz CT molecular complexity index is 819. The molecule has 1 aliphatic carbocycles. The zero-order chi connectivity index (χ0) is 19.0. The average Bonchev–Trinajstić information content (AvgIpc) is 3.28. The lowest BCUT2D eigenvalue weighted by Gasteiger charge is -2.30. The molecular formula is C18H18F3N3O3. The number of alkyl halides is 3. The van der Waals surface area contributed by atoms with Gasteiger partial charge in [-0.1, -0.05) is 17.3 Å². The van der Waals surface area contributed by atoms with Crippen molar-refractivity contribution >= 4 is 5.91 Å². The molecule has 0 radical (unpaired) electrons. The normalized spacial score (nSPS) is 23.1. The molecule has 1 saturated heterocycles. The summed E-state index contributed by atoms with van der Waals surface area (Å²) in [4.78, 5) is 18.2. The summed E-state index contributed by atoms with van der Waals surface area (Å²) in [5.41, 5.74) is 0.828. The molecule has 2 heterocycles. The lowest BCUT2D eigenvalue weighted by Crippen LogP contribution is -2.43. The van der Waals surface area contributed by atoms with Crippen molar-refractivity contribution in [1.82, 2.24) is 15.0 Å². The maximum atomic E-state index is 13.0. The fraction of sp³-hybridized carbons (Fsp3) is 0.500. The topological polar surface area (TPSA) is 68.5 Å². The Balaban J connectivity index is 1.53. The van der Waals surface area contributed by atoms with Crippen LogP contribution in [0.4, 0.5) is 13.2 Å². The van der Waals surface area contributed by atoms with Gasteiger partial charge in [0.1, 0.15) is 0 Å². The van der Waals surface area contributed by atoms with E-state index in [1.54, 1.807) is 12.1 Å². The van der Waals surface area contributed by atoms with Crippen LogP contribution >= 0.6 is 0 Å². The van der Waals surface area contributed by atoms with E-state index in [1.165, 1.54) is 12.1 Å². The lowest BCUT2D eigenvalue weighted by molar-refractivity contribution is -0.159. The van der Waals surface area contributed by atoms with Gasteiger partial charge in [-0.25, -0.2) is 0 Å². The van der Waals surface area contributed by atoms with Crippen molar-refractivity contribution in [2.75, 3.05) is 13.2 Å². The van der Waals surface area contributed by atoms with Crippen molar-refractivity contribution in [2.45, 2.75) is 44.0 Å². The van der Waals surface area contributed by atoms with Crippen LogP contribution < -0.4 is 0 Å². The number of fused-ring (bicyclic) bond motifs is 1. The summed E-state index contributed by atoms with van der Waals surface area (Å²) >= 11 is 0. The van der Waals surface area contributed by atoms with Gasteiger partial charge < -0.3 is 14.2 Å². The Morgan fingerprint density at radius 3 is 2.63 bits per heavy atom. The van der Waals surface area contributed by atoms with Gasteiger partial charge in [-0.15, -0.1) is 0 Å². The molecule has 1 aliphatic heterocycles. The van der Waals surface area contributed by atoms with Gasteiger partial charge >= 0.3 is 12.1 Å². The zero-order valence-electron chi connectivity index (χ0n) is 14.4. The van der Waals surface area contributed by atoms with Gasteiger partial charge in [0.2, 0.25) is 5.82 Å². The van der Waals surface area contributed by atoms with Crippen LogP contribution in [0.1, 0.15) is 41.9 Å². The van der Waals surface area contributed by atoms with E-state index in [2.05, 4.69) is 14.7 Å². The molecule has 0 unspecified atom stereocenters. The molecule has 0 bridgehead atoms. The molecule has 4 rings (SSSR count). The van der Waals surface area contributed by atoms with Gasteiger partial charge in [0.05, 0.1) is 12.1 Å². The van der Waals surface area contributed by atoms with E-state index in [0.717, 1.165) is 25.7 Å². The number of hydrogen-bond acceptors (Lipinski definition) is 5. The van der Waals surface area contributed by atoms with Crippen LogP contribution in [0.5, 0.6) is 0 Å². The molecule has 27 heavy (non-hydrogen) atoms. The fourth-order valence-corrected chi connectivity index (χ4v) is 3.73. The predicted molar refractivity (Wildman–Crippen MR) is 87.8 cm³/mol. The second kappa shape index (κ2) is 6.95. The van der Waals surface area contributed by atoms with Gasteiger partial charge in [-0.05, 0) is 37.8 Å². The third-order valence-electron chi connectivity index (χ3n) is 5.01. The molecule has 1 aromatic heterocycles. The average molecular weight is 381 g/mol. The second-order valence-electron chi connectivity index (χ2n) is 6.76. The molecule has 144 valence electrons. The van der Waals surface area contributed by atoms with E-state index in [-0.39, 0.29) is 23.9 Å². The number of ether oxygens (including phenoxy) is 1. The predicted octanol–water partition coefficient (Wildman–Crippen LogP) is 3.54. The van der Waals surface area contributed by atoms with Gasteiger partial charge in [0, 0.05) is 24.3 Å². The summed E-state index contributed by atoms with van der Waals surface area (Å²) in [5, 5.41) is 3.36. The Labute approximate surface area is 153 Å². The maximum absolute atomic E-state index is 13.0. The van der Waals surface area contributed by atoms with Gasteiger partial charge in [0.15, 0.2) is 0 Å². The maximum Gasteiger partial charge on any atom is 0.471 e. The van der Waals surface area contributed by atoms with Gasteiger partial charge in [0.25, 0.3) is 5.91 Å². The zero-order valence-corrected chi connectivity index (χ0v) is 14.4. The van der Waals surface area contributed by atoms with E-state index < -0.39 is 12.1 Å². The Morgan fingerprint density at radius 1 is 1.15 bits per heavy atom. The summed E-state index contributed by atoms with van der Waals surface area (Å²) in [6, 6.07) is 6.30. The molecule has 9 heteroatoms. The number of halogens is 3. The fourth-order valence-electron chi connectivity index (χ4n) is 3.73. The molecule has 2 aromatic rings. The molecule has 0 N–H and O–H groups in total. The van der Waals surface area contributed by atoms with Crippen molar-refractivity contribution in [1.29, 1.82) is 0 Å². The number of carbonyl (C=O) groups excluding carboxylic acids is 1. The standard InChI is InChI=1S/C18H18F3N3O3/c19-18(20,21)17-22-15(23-27-17)11-5-7-12(8-6-11)16(25)24-9-2-10-26-14-4-1-3-13(14)24/h5-8,13-14H,1-4,9-10H2/t13-,14-/m0/s1. The number of aromatic nitrogens is 2. The third kappa shape index (κ3) is 3.55. The highest BCUT2D eigenvalue weighted by Gasteiger charge is 2.39.